The van der Waals surface area contributed by atoms with Crippen LogP contribution in [0.4, 0.5) is 9.80 Å². The Kier molecular flexibility index (Phi) is 6.85. The van der Waals surface area contributed by atoms with E-state index in [9.17, 15) is 9.59 Å². The molecule has 2 rings (SSSR count). The number of urea groups is 1. The molecule has 23 heavy (non-hydrogen) atoms. The average Bonchev–Trinajstić information content (AvgIpc) is 3.04. The molecule has 6 nitrogen and oxygen atoms in total. The third kappa shape index (κ3) is 5.84. The molecule has 1 aliphatic heterocycles. The summed E-state index contributed by atoms with van der Waals surface area (Å²) >= 11 is 1.50. The maximum absolute atomic E-state index is 12.3. The van der Waals surface area contributed by atoms with Crippen molar-refractivity contribution < 1.29 is 9.59 Å². The maximum atomic E-state index is 12.3. The summed E-state index contributed by atoms with van der Waals surface area (Å²) in [7, 11) is 4.04. The molecule has 1 saturated heterocycles. The highest BCUT2D eigenvalue weighted by Gasteiger charge is 2.28. The number of anilines is 1. The van der Waals surface area contributed by atoms with E-state index in [1.807, 2.05) is 31.6 Å². The third-order valence-corrected chi connectivity index (χ3v) is 4.70. The Balaban J connectivity index is 1.76. The van der Waals surface area contributed by atoms with Crippen molar-refractivity contribution in [3.8, 4) is 0 Å². The number of nitrogens with one attached hydrogen (secondary N) is 2. The van der Waals surface area contributed by atoms with Crippen molar-refractivity contribution >= 4 is 28.3 Å². The Labute approximate surface area is 141 Å². The topological polar surface area (TPSA) is 64.7 Å². The molecular weight excluding hydrogens is 312 g/mol. The van der Waals surface area contributed by atoms with Crippen LogP contribution in [-0.4, -0.2) is 62.0 Å². The van der Waals surface area contributed by atoms with Crippen molar-refractivity contribution in [3.63, 3.8) is 0 Å². The number of carbonyl (C=O) groups excluding carboxylic acids is 2. The number of nitrogens with zero attached hydrogens (tertiary/aromatic N) is 2. The first kappa shape index (κ1) is 17.7. The minimum Gasteiger partial charge on any atom is -0.356 e. The van der Waals surface area contributed by atoms with Crippen LogP contribution in [0.5, 0.6) is 0 Å². The van der Waals surface area contributed by atoms with Crippen molar-refractivity contribution in [2.24, 2.45) is 5.92 Å². The van der Waals surface area contributed by atoms with Crippen molar-refractivity contribution in [1.29, 1.82) is 0 Å². The molecule has 1 fully saturated rings. The van der Waals surface area contributed by atoms with Crippen molar-refractivity contribution in [3.05, 3.63) is 17.5 Å². The van der Waals surface area contributed by atoms with Gasteiger partial charge >= 0.3 is 6.03 Å². The Hall–Kier alpha value is -1.60. The molecule has 0 bridgehead atoms. The summed E-state index contributed by atoms with van der Waals surface area (Å²) in [6.07, 6.45) is 2.66. The van der Waals surface area contributed by atoms with E-state index < -0.39 is 0 Å². The summed E-state index contributed by atoms with van der Waals surface area (Å²) < 4.78 is 0. The molecule has 1 unspecified atom stereocenters. The number of piperidine rings is 1. The zero-order valence-corrected chi connectivity index (χ0v) is 14.7. The summed E-state index contributed by atoms with van der Waals surface area (Å²) in [5.41, 5.74) is 0. The van der Waals surface area contributed by atoms with E-state index in [1.54, 1.807) is 4.90 Å². The molecule has 7 heteroatoms. The van der Waals surface area contributed by atoms with E-state index in [1.165, 1.54) is 11.3 Å². The predicted molar refractivity (Wildman–Crippen MR) is 93.8 cm³/mol. The van der Waals surface area contributed by atoms with E-state index in [0.29, 0.717) is 19.6 Å². The highest BCUT2D eigenvalue weighted by atomic mass is 32.1. The van der Waals surface area contributed by atoms with Gasteiger partial charge in [0.2, 0.25) is 5.91 Å². The molecule has 1 aromatic rings. The van der Waals surface area contributed by atoms with Crippen molar-refractivity contribution in [2.75, 3.05) is 45.6 Å². The first-order valence-electron chi connectivity index (χ1n) is 8.08. The summed E-state index contributed by atoms with van der Waals surface area (Å²) in [4.78, 5) is 28.3. The molecule has 0 spiro atoms. The molecule has 3 amide bonds. The second-order valence-corrected chi connectivity index (χ2v) is 7.09. The minimum atomic E-state index is -0.113. The number of hydrogen-bond acceptors (Lipinski definition) is 4. The van der Waals surface area contributed by atoms with Gasteiger partial charge in [-0.1, -0.05) is 0 Å². The third-order valence-electron chi connectivity index (χ3n) is 3.91. The van der Waals surface area contributed by atoms with Gasteiger partial charge in [-0.3, -0.25) is 10.1 Å². The first-order chi connectivity index (χ1) is 11.1. The zero-order chi connectivity index (χ0) is 16.7. The van der Waals surface area contributed by atoms with E-state index in [4.69, 9.17) is 0 Å². The molecule has 1 aliphatic rings. The predicted octanol–water partition coefficient (Wildman–Crippen LogP) is 2.06. The SMILES string of the molecule is CN(C)CCCNC(=O)C1CCCN(C(=O)Nc2cccs2)C1. The molecule has 1 aromatic heterocycles. The molecule has 128 valence electrons. The molecule has 0 aromatic carbocycles. The molecule has 1 atom stereocenters. The molecule has 0 aliphatic carbocycles. The lowest BCUT2D eigenvalue weighted by Crippen LogP contribution is -2.47. The van der Waals surface area contributed by atoms with Gasteiger partial charge in [0.15, 0.2) is 0 Å². The highest BCUT2D eigenvalue weighted by molar-refractivity contribution is 7.14. The standard InChI is InChI=1S/C16H26N4O2S/c1-19(2)9-5-8-17-15(21)13-6-3-10-20(12-13)16(22)18-14-7-4-11-23-14/h4,7,11,13H,3,5-6,8-10,12H2,1-2H3,(H,17,21)(H,18,22). The lowest BCUT2D eigenvalue weighted by Gasteiger charge is -2.32. The van der Waals surface area contributed by atoms with E-state index in [-0.39, 0.29) is 17.9 Å². The molecule has 0 radical (unpaired) electrons. The number of rotatable bonds is 6. The Bertz CT molecular complexity index is 504. The fourth-order valence-corrected chi connectivity index (χ4v) is 3.27. The number of likely N-dealkylation sites (tertiary alicyclic amines) is 1. The van der Waals surface area contributed by atoms with Gasteiger partial charge in [-0.25, -0.2) is 4.79 Å². The highest BCUT2D eigenvalue weighted by Crippen LogP contribution is 2.20. The molecule has 2 heterocycles. The van der Waals surface area contributed by atoms with Gasteiger partial charge in [0.05, 0.1) is 10.9 Å². The van der Waals surface area contributed by atoms with Crippen LogP contribution in [0.3, 0.4) is 0 Å². The van der Waals surface area contributed by atoms with Gasteiger partial charge in [-0.05, 0) is 57.4 Å². The van der Waals surface area contributed by atoms with Gasteiger partial charge in [-0.15, -0.1) is 11.3 Å². The van der Waals surface area contributed by atoms with Crippen LogP contribution in [-0.2, 0) is 4.79 Å². The fourth-order valence-electron chi connectivity index (χ4n) is 2.66. The Morgan fingerprint density at radius 1 is 1.43 bits per heavy atom. The van der Waals surface area contributed by atoms with Crippen LogP contribution in [0, 0.1) is 5.92 Å². The molecule has 0 saturated carbocycles. The smallest absolute Gasteiger partial charge is 0.322 e. The second kappa shape index (κ2) is 8.88. The number of thiophene rings is 1. The Morgan fingerprint density at radius 3 is 2.96 bits per heavy atom. The first-order valence-corrected chi connectivity index (χ1v) is 8.96. The van der Waals surface area contributed by atoms with Gasteiger partial charge in [0.25, 0.3) is 0 Å². The van der Waals surface area contributed by atoms with Gasteiger partial charge < -0.3 is 15.1 Å². The Morgan fingerprint density at radius 2 is 2.26 bits per heavy atom. The van der Waals surface area contributed by atoms with Crippen LogP contribution in [0.1, 0.15) is 19.3 Å². The lowest BCUT2D eigenvalue weighted by atomic mass is 9.97. The maximum Gasteiger partial charge on any atom is 0.322 e. The molecule has 2 N–H and O–H groups in total. The van der Waals surface area contributed by atoms with E-state index in [2.05, 4.69) is 15.5 Å². The summed E-state index contributed by atoms with van der Waals surface area (Å²) in [5.74, 6) is -0.0328. The van der Waals surface area contributed by atoms with E-state index in [0.717, 1.165) is 30.8 Å². The number of carbonyl (C=O) groups is 2. The van der Waals surface area contributed by atoms with Crippen LogP contribution < -0.4 is 10.6 Å². The number of amides is 3. The largest absolute Gasteiger partial charge is 0.356 e. The van der Waals surface area contributed by atoms with Crippen LogP contribution in [0.2, 0.25) is 0 Å². The number of hydrogen-bond donors (Lipinski definition) is 2. The summed E-state index contributed by atoms with van der Waals surface area (Å²) in [5, 5.41) is 8.64. The van der Waals surface area contributed by atoms with Crippen molar-refractivity contribution in [1.82, 2.24) is 15.1 Å². The average molecular weight is 338 g/mol. The van der Waals surface area contributed by atoms with Crippen LogP contribution >= 0.6 is 11.3 Å². The van der Waals surface area contributed by atoms with Gasteiger partial charge in [0.1, 0.15) is 0 Å². The molecular formula is C16H26N4O2S. The monoisotopic (exact) mass is 338 g/mol. The quantitative estimate of drug-likeness (QED) is 0.781. The van der Waals surface area contributed by atoms with E-state index >= 15 is 0 Å². The van der Waals surface area contributed by atoms with Crippen LogP contribution in [0.25, 0.3) is 0 Å². The fraction of sp³-hybridized carbons (Fsp3) is 0.625. The summed E-state index contributed by atoms with van der Waals surface area (Å²) in [6.45, 7) is 2.85. The van der Waals surface area contributed by atoms with Gasteiger partial charge in [0, 0.05) is 19.6 Å². The van der Waals surface area contributed by atoms with Gasteiger partial charge in [-0.2, -0.15) is 0 Å². The normalized spacial score (nSPS) is 18.0. The van der Waals surface area contributed by atoms with Crippen LogP contribution in [0.15, 0.2) is 17.5 Å². The second-order valence-electron chi connectivity index (χ2n) is 6.14. The van der Waals surface area contributed by atoms with Crippen molar-refractivity contribution in [2.45, 2.75) is 19.3 Å². The minimum absolute atomic E-state index is 0.0670. The lowest BCUT2D eigenvalue weighted by molar-refractivity contribution is -0.126. The summed E-state index contributed by atoms with van der Waals surface area (Å²) in [6, 6.07) is 3.67. The zero-order valence-electron chi connectivity index (χ0n) is 13.9.